The van der Waals surface area contributed by atoms with Gasteiger partial charge in [-0.2, -0.15) is 0 Å². The molecule has 0 saturated carbocycles. The van der Waals surface area contributed by atoms with Crippen molar-refractivity contribution in [2.45, 2.75) is 6.92 Å². The quantitative estimate of drug-likeness (QED) is 0.583. The molecule has 1 aromatic carbocycles. The van der Waals surface area contributed by atoms with Crippen LogP contribution in [0.5, 0.6) is 0 Å². The smallest absolute Gasteiger partial charge is 0.423 e. The highest BCUT2D eigenvalue weighted by atomic mass is 32.2. The van der Waals surface area contributed by atoms with E-state index >= 15 is 0 Å². The van der Waals surface area contributed by atoms with Gasteiger partial charge in [0, 0.05) is 5.69 Å². The van der Waals surface area contributed by atoms with Crippen LogP contribution in [0.1, 0.15) is 5.56 Å². The molecule has 15 heavy (non-hydrogen) atoms. The van der Waals surface area contributed by atoms with Crippen LogP contribution in [0.4, 0.5) is 5.69 Å². The van der Waals surface area contributed by atoms with Crippen molar-refractivity contribution < 1.29 is 18.5 Å². The molecule has 1 rings (SSSR count). The van der Waals surface area contributed by atoms with Gasteiger partial charge in [0.05, 0.1) is 6.26 Å². The van der Waals surface area contributed by atoms with Crippen LogP contribution >= 0.6 is 0 Å². The number of aryl methyl sites for hydroxylation is 1. The molecule has 0 atom stereocenters. The average molecular weight is 229 g/mol. The second-order valence-electron chi connectivity index (χ2n) is 3.32. The number of nitrogens with one attached hydrogen (secondary N) is 1. The van der Waals surface area contributed by atoms with Crippen molar-refractivity contribution in [3.05, 3.63) is 23.8 Å². The van der Waals surface area contributed by atoms with Gasteiger partial charge in [-0.15, -0.1) is 0 Å². The van der Waals surface area contributed by atoms with Crippen LogP contribution in [0.25, 0.3) is 0 Å². The Labute approximate surface area is 89.0 Å². The lowest BCUT2D eigenvalue weighted by Gasteiger charge is -2.08. The summed E-state index contributed by atoms with van der Waals surface area (Å²) in [5.74, 6) is 0. The third-order valence-corrected chi connectivity index (χ3v) is 2.46. The average Bonchev–Trinajstić information content (AvgIpc) is 1.99. The molecule has 0 heterocycles. The Hall–Kier alpha value is -1.05. The van der Waals surface area contributed by atoms with E-state index in [0.29, 0.717) is 16.7 Å². The lowest BCUT2D eigenvalue weighted by Crippen LogP contribution is -2.32. The summed E-state index contributed by atoms with van der Waals surface area (Å²) in [5, 5.41) is 17.9. The number of hydrogen-bond donors (Lipinski definition) is 3. The van der Waals surface area contributed by atoms with Crippen LogP contribution in [-0.4, -0.2) is 31.8 Å². The Kier molecular flexibility index (Phi) is 3.38. The third-order valence-electron chi connectivity index (χ3n) is 1.85. The zero-order valence-corrected chi connectivity index (χ0v) is 9.25. The molecule has 0 spiro atoms. The fraction of sp³-hybridized carbons (Fsp3) is 0.250. The molecule has 82 valence electrons. The maximum atomic E-state index is 10.9. The summed E-state index contributed by atoms with van der Waals surface area (Å²) < 4.78 is 24.1. The monoisotopic (exact) mass is 229 g/mol. The molecule has 0 aliphatic carbocycles. The first-order chi connectivity index (χ1) is 6.79. The van der Waals surface area contributed by atoms with Crippen molar-refractivity contribution in [2.75, 3.05) is 11.0 Å². The fourth-order valence-electron chi connectivity index (χ4n) is 1.24. The van der Waals surface area contributed by atoms with Gasteiger partial charge in [0.1, 0.15) is 0 Å². The highest BCUT2D eigenvalue weighted by Crippen LogP contribution is 2.09. The van der Waals surface area contributed by atoms with Gasteiger partial charge in [0.2, 0.25) is 10.0 Å². The number of rotatable bonds is 3. The van der Waals surface area contributed by atoms with E-state index in [0.717, 1.165) is 6.26 Å². The van der Waals surface area contributed by atoms with Gasteiger partial charge < -0.3 is 10.0 Å². The Morgan fingerprint density at radius 1 is 1.33 bits per heavy atom. The van der Waals surface area contributed by atoms with Gasteiger partial charge in [-0.1, -0.05) is 6.07 Å². The molecule has 7 heteroatoms. The standard InChI is InChI=1S/C8H12BNO4S/c1-6-5-7(10-15(2,13)14)3-4-8(6)9(11)12/h3-5,10-12H,1-2H3. The van der Waals surface area contributed by atoms with Crippen molar-refractivity contribution in [1.82, 2.24) is 0 Å². The lowest BCUT2D eigenvalue weighted by atomic mass is 9.77. The summed E-state index contributed by atoms with van der Waals surface area (Å²) in [6.07, 6.45) is 1.05. The minimum Gasteiger partial charge on any atom is -0.423 e. The van der Waals surface area contributed by atoms with Crippen LogP contribution in [0.3, 0.4) is 0 Å². The van der Waals surface area contributed by atoms with Gasteiger partial charge in [0.15, 0.2) is 0 Å². The first-order valence-electron chi connectivity index (χ1n) is 4.24. The highest BCUT2D eigenvalue weighted by Gasteiger charge is 2.14. The number of hydrogen-bond acceptors (Lipinski definition) is 4. The van der Waals surface area contributed by atoms with Crippen molar-refractivity contribution >= 4 is 28.3 Å². The summed E-state index contributed by atoms with van der Waals surface area (Å²) in [6.45, 7) is 1.67. The predicted octanol–water partition coefficient (Wildman–Crippen LogP) is -0.954. The molecule has 0 aromatic heterocycles. The van der Waals surface area contributed by atoms with Crippen LogP contribution in [0.2, 0.25) is 0 Å². The van der Waals surface area contributed by atoms with E-state index in [1.165, 1.54) is 18.2 Å². The van der Waals surface area contributed by atoms with Gasteiger partial charge in [0.25, 0.3) is 0 Å². The lowest BCUT2D eigenvalue weighted by molar-refractivity contribution is 0.425. The highest BCUT2D eigenvalue weighted by molar-refractivity contribution is 7.92. The van der Waals surface area contributed by atoms with Crippen molar-refractivity contribution in [2.24, 2.45) is 0 Å². The van der Waals surface area contributed by atoms with Gasteiger partial charge in [-0.05, 0) is 30.1 Å². The summed E-state index contributed by atoms with van der Waals surface area (Å²) >= 11 is 0. The van der Waals surface area contributed by atoms with Crippen molar-refractivity contribution in [3.63, 3.8) is 0 Å². The SMILES string of the molecule is Cc1cc(NS(C)(=O)=O)ccc1B(O)O. The molecule has 0 saturated heterocycles. The van der Waals surface area contributed by atoms with Gasteiger partial charge >= 0.3 is 7.12 Å². The minimum absolute atomic E-state index is 0.356. The van der Waals surface area contributed by atoms with Crippen LogP contribution in [0, 0.1) is 6.92 Å². The second kappa shape index (κ2) is 4.22. The first kappa shape index (κ1) is 12.0. The first-order valence-corrected chi connectivity index (χ1v) is 6.13. The van der Waals surface area contributed by atoms with E-state index in [-0.39, 0.29) is 0 Å². The molecule has 3 N–H and O–H groups in total. The molecule has 0 aliphatic heterocycles. The van der Waals surface area contributed by atoms with E-state index in [1.54, 1.807) is 6.92 Å². The van der Waals surface area contributed by atoms with Crippen LogP contribution in [0.15, 0.2) is 18.2 Å². The molecular weight excluding hydrogens is 217 g/mol. The molecule has 0 amide bonds. The molecule has 0 aliphatic rings. The van der Waals surface area contributed by atoms with Crippen molar-refractivity contribution in [3.8, 4) is 0 Å². The molecule has 1 aromatic rings. The topological polar surface area (TPSA) is 86.6 Å². The Morgan fingerprint density at radius 2 is 1.93 bits per heavy atom. The summed E-state index contributed by atoms with van der Waals surface area (Å²) in [4.78, 5) is 0. The zero-order chi connectivity index (χ0) is 11.6. The second-order valence-corrected chi connectivity index (χ2v) is 5.07. The van der Waals surface area contributed by atoms with Crippen LogP contribution in [-0.2, 0) is 10.0 Å². The molecular formula is C8H12BNO4S. The summed E-state index contributed by atoms with van der Waals surface area (Å²) in [7, 11) is -4.85. The minimum atomic E-state index is -3.30. The Morgan fingerprint density at radius 3 is 2.33 bits per heavy atom. The Balaban J connectivity index is 3.02. The molecule has 0 fully saturated rings. The third kappa shape index (κ3) is 3.54. The summed E-state index contributed by atoms with van der Waals surface area (Å²) in [6, 6.07) is 4.48. The van der Waals surface area contributed by atoms with Gasteiger partial charge in [-0.25, -0.2) is 8.42 Å². The van der Waals surface area contributed by atoms with E-state index < -0.39 is 17.1 Å². The zero-order valence-electron chi connectivity index (χ0n) is 8.43. The van der Waals surface area contributed by atoms with E-state index in [9.17, 15) is 8.42 Å². The molecule has 0 unspecified atom stereocenters. The molecule has 5 nitrogen and oxygen atoms in total. The maximum Gasteiger partial charge on any atom is 0.488 e. The normalized spacial score (nSPS) is 11.2. The number of benzene rings is 1. The molecule has 0 bridgehead atoms. The summed E-state index contributed by atoms with van der Waals surface area (Å²) in [5.41, 5.74) is 1.37. The fourth-order valence-corrected chi connectivity index (χ4v) is 1.80. The Bertz CT molecular complexity index is 458. The maximum absolute atomic E-state index is 10.9. The number of sulfonamides is 1. The molecule has 0 radical (unpaired) electrons. The predicted molar refractivity (Wildman–Crippen MR) is 59.5 cm³/mol. The van der Waals surface area contributed by atoms with E-state index in [4.69, 9.17) is 10.0 Å². The van der Waals surface area contributed by atoms with E-state index in [1.807, 2.05) is 0 Å². The van der Waals surface area contributed by atoms with E-state index in [2.05, 4.69) is 4.72 Å². The van der Waals surface area contributed by atoms with Gasteiger partial charge in [-0.3, -0.25) is 4.72 Å². The number of anilines is 1. The van der Waals surface area contributed by atoms with Crippen molar-refractivity contribution in [1.29, 1.82) is 0 Å². The van der Waals surface area contributed by atoms with Crippen LogP contribution < -0.4 is 10.2 Å². The largest absolute Gasteiger partial charge is 0.488 e.